The first kappa shape index (κ1) is 15.3. The van der Waals surface area contributed by atoms with E-state index in [2.05, 4.69) is 50.5 Å². The number of aromatic amines is 1. The number of nitrogens with zero attached hydrogens (tertiary/aromatic N) is 3. The summed E-state index contributed by atoms with van der Waals surface area (Å²) in [7, 11) is 0. The van der Waals surface area contributed by atoms with Gasteiger partial charge in [0.25, 0.3) is 0 Å². The number of likely N-dealkylation sites (tertiary alicyclic amines) is 1. The third kappa shape index (κ3) is 2.80. The van der Waals surface area contributed by atoms with Crippen LogP contribution in [0.5, 0.6) is 0 Å². The van der Waals surface area contributed by atoms with Gasteiger partial charge in [0.15, 0.2) is 0 Å². The van der Waals surface area contributed by atoms with Gasteiger partial charge in [-0.1, -0.05) is 36.4 Å². The first-order valence-electron chi connectivity index (χ1n) is 9.03. The number of benzene rings is 2. The van der Waals surface area contributed by atoms with Gasteiger partial charge in [-0.15, -0.1) is 10.2 Å². The van der Waals surface area contributed by atoms with Crippen LogP contribution in [0.2, 0.25) is 0 Å². The van der Waals surface area contributed by atoms with Crippen molar-refractivity contribution in [2.24, 2.45) is 0 Å². The average Bonchev–Trinajstić information content (AvgIpc) is 3.43. The molecule has 1 aliphatic rings. The maximum absolute atomic E-state index is 5.95. The normalized spacial score (nSPS) is 17.9. The fourth-order valence-corrected chi connectivity index (χ4v) is 3.78. The zero-order chi connectivity index (χ0) is 17.3. The molecular weight excluding hydrogens is 324 g/mol. The lowest BCUT2D eigenvalue weighted by atomic mass is 10.1. The van der Waals surface area contributed by atoms with Crippen LogP contribution in [0.3, 0.4) is 0 Å². The lowest BCUT2D eigenvalue weighted by Gasteiger charge is -2.14. The molecule has 0 spiro atoms. The van der Waals surface area contributed by atoms with Crippen LogP contribution >= 0.6 is 0 Å². The lowest BCUT2D eigenvalue weighted by Crippen LogP contribution is -2.19. The predicted octanol–water partition coefficient (Wildman–Crippen LogP) is 4.21. The van der Waals surface area contributed by atoms with Crippen molar-refractivity contribution in [1.29, 1.82) is 0 Å². The van der Waals surface area contributed by atoms with E-state index in [9.17, 15) is 0 Å². The Bertz CT molecular complexity index is 1020. The fourth-order valence-electron chi connectivity index (χ4n) is 3.78. The molecule has 1 fully saturated rings. The largest absolute Gasteiger partial charge is 0.420 e. The number of hydrogen-bond donors (Lipinski definition) is 1. The lowest BCUT2D eigenvalue weighted by molar-refractivity contribution is 0.321. The summed E-state index contributed by atoms with van der Waals surface area (Å²) in [6.45, 7) is 2.95. The van der Waals surface area contributed by atoms with E-state index in [0.717, 1.165) is 37.5 Å². The minimum atomic E-state index is 0.310. The van der Waals surface area contributed by atoms with Gasteiger partial charge >= 0.3 is 0 Å². The molecule has 4 aromatic rings. The maximum atomic E-state index is 5.95. The van der Waals surface area contributed by atoms with Gasteiger partial charge in [0.2, 0.25) is 11.8 Å². The second kappa shape index (κ2) is 6.42. The van der Waals surface area contributed by atoms with E-state index in [-0.39, 0.29) is 0 Å². The van der Waals surface area contributed by atoms with E-state index >= 15 is 0 Å². The van der Waals surface area contributed by atoms with E-state index in [4.69, 9.17) is 4.42 Å². The number of para-hydroxylation sites is 1. The molecule has 26 heavy (non-hydrogen) atoms. The number of fused-ring (bicyclic) bond motifs is 1. The van der Waals surface area contributed by atoms with Crippen molar-refractivity contribution >= 4 is 10.9 Å². The number of H-pyrrole nitrogens is 1. The van der Waals surface area contributed by atoms with Crippen LogP contribution in [0.4, 0.5) is 0 Å². The Labute approximate surface area is 151 Å². The van der Waals surface area contributed by atoms with E-state index in [1.54, 1.807) is 0 Å². The second-order valence-electron chi connectivity index (χ2n) is 6.89. The van der Waals surface area contributed by atoms with Gasteiger partial charge in [-0.25, -0.2) is 0 Å². The van der Waals surface area contributed by atoms with E-state index < -0.39 is 0 Å². The smallest absolute Gasteiger partial charge is 0.247 e. The Balaban J connectivity index is 1.30. The molecule has 0 amide bonds. The molecule has 2 aromatic carbocycles. The number of aromatic nitrogens is 3. The monoisotopic (exact) mass is 344 g/mol. The summed E-state index contributed by atoms with van der Waals surface area (Å²) in [4.78, 5) is 5.82. The summed E-state index contributed by atoms with van der Waals surface area (Å²) in [5.74, 6) is 1.67. The predicted molar refractivity (Wildman–Crippen MR) is 101 cm³/mol. The standard InChI is InChI=1S/C21H20N4O/c1-2-6-15(7-3-1)20-23-24-21(26-20)16-10-11-25(13-16)14-17-12-22-19-9-5-4-8-18(17)19/h1-9,12,16,22H,10-11,13-14H2/t16-/m0/s1. The highest BCUT2D eigenvalue weighted by Gasteiger charge is 2.28. The summed E-state index contributed by atoms with van der Waals surface area (Å²) in [5.41, 5.74) is 3.51. The summed E-state index contributed by atoms with van der Waals surface area (Å²) in [5, 5.41) is 9.84. The highest BCUT2D eigenvalue weighted by Crippen LogP contribution is 2.30. The molecule has 1 atom stereocenters. The number of rotatable bonds is 4. The van der Waals surface area contributed by atoms with Crippen LogP contribution in [-0.2, 0) is 6.54 Å². The number of nitrogens with one attached hydrogen (secondary N) is 1. The van der Waals surface area contributed by atoms with Gasteiger partial charge in [0.1, 0.15) is 0 Å². The average molecular weight is 344 g/mol. The summed E-state index contributed by atoms with van der Waals surface area (Å²) >= 11 is 0. The highest BCUT2D eigenvalue weighted by atomic mass is 16.4. The minimum absolute atomic E-state index is 0.310. The van der Waals surface area contributed by atoms with Gasteiger partial charge in [-0.2, -0.15) is 0 Å². The van der Waals surface area contributed by atoms with E-state index in [0.29, 0.717) is 11.8 Å². The van der Waals surface area contributed by atoms with Crippen LogP contribution in [0, 0.1) is 0 Å². The van der Waals surface area contributed by atoms with E-state index in [1.807, 2.05) is 30.3 Å². The van der Waals surface area contributed by atoms with E-state index in [1.165, 1.54) is 16.5 Å². The van der Waals surface area contributed by atoms with Crippen LogP contribution in [-0.4, -0.2) is 33.2 Å². The third-order valence-corrected chi connectivity index (χ3v) is 5.15. The third-order valence-electron chi connectivity index (χ3n) is 5.15. The number of hydrogen-bond acceptors (Lipinski definition) is 4. The molecule has 0 aliphatic carbocycles. The molecule has 5 rings (SSSR count). The Hall–Kier alpha value is -2.92. The molecule has 1 N–H and O–H groups in total. The molecule has 5 heteroatoms. The highest BCUT2D eigenvalue weighted by molar-refractivity contribution is 5.82. The van der Waals surface area contributed by atoms with Crippen molar-refractivity contribution in [3.63, 3.8) is 0 Å². The van der Waals surface area contributed by atoms with Gasteiger partial charge < -0.3 is 9.40 Å². The summed E-state index contributed by atoms with van der Waals surface area (Å²) in [6.07, 6.45) is 3.18. The summed E-state index contributed by atoms with van der Waals surface area (Å²) in [6, 6.07) is 18.4. The van der Waals surface area contributed by atoms with Gasteiger partial charge in [-0.3, -0.25) is 4.90 Å². The molecule has 0 radical (unpaired) electrons. The van der Waals surface area contributed by atoms with Crippen LogP contribution in [0.15, 0.2) is 65.2 Å². The van der Waals surface area contributed by atoms with Crippen LogP contribution < -0.4 is 0 Å². The molecule has 0 unspecified atom stereocenters. The minimum Gasteiger partial charge on any atom is -0.420 e. The van der Waals surface area contributed by atoms with Crippen molar-refractivity contribution in [3.05, 3.63) is 72.2 Å². The van der Waals surface area contributed by atoms with Crippen molar-refractivity contribution in [2.45, 2.75) is 18.9 Å². The van der Waals surface area contributed by atoms with Crippen molar-refractivity contribution < 1.29 is 4.42 Å². The molecule has 130 valence electrons. The Morgan fingerprint density at radius 3 is 2.81 bits per heavy atom. The Morgan fingerprint density at radius 1 is 1.04 bits per heavy atom. The maximum Gasteiger partial charge on any atom is 0.247 e. The van der Waals surface area contributed by atoms with Gasteiger partial charge in [0, 0.05) is 35.8 Å². The SMILES string of the molecule is c1ccc(-c2nnc([C@H]3CCN(Cc4c[nH]c5ccccc45)C3)o2)cc1. The molecule has 1 aliphatic heterocycles. The van der Waals surface area contributed by atoms with Gasteiger partial charge in [-0.05, 0) is 36.7 Å². The van der Waals surface area contributed by atoms with Crippen molar-refractivity contribution in [1.82, 2.24) is 20.1 Å². The second-order valence-corrected chi connectivity index (χ2v) is 6.89. The zero-order valence-electron chi connectivity index (χ0n) is 14.4. The molecule has 0 bridgehead atoms. The quantitative estimate of drug-likeness (QED) is 0.602. The van der Waals surface area contributed by atoms with Gasteiger partial charge in [0.05, 0.1) is 5.92 Å². The molecule has 1 saturated heterocycles. The molecular formula is C21H20N4O. The topological polar surface area (TPSA) is 58.0 Å². The molecule has 5 nitrogen and oxygen atoms in total. The first-order chi connectivity index (χ1) is 12.9. The van der Waals surface area contributed by atoms with Crippen molar-refractivity contribution in [3.8, 4) is 11.5 Å². The molecule has 0 saturated carbocycles. The first-order valence-corrected chi connectivity index (χ1v) is 9.03. The van der Waals surface area contributed by atoms with Crippen molar-refractivity contribution in [2.75, 3.05) is 13.1 Å². The summed E-state index contributed by atoms with van der Waals surface area (Å²) < 4.78 is 5.95. The van der Waals surface area contributed by atoms with Crippen LogP contribution in [0.25, 0.3) is 22.4 Å². The fraction of sp³-hybridized carbons (Fsp3) is 0.238. The molecule has 3 heterocycles. The Kier molecular flexibility index (Phi) is 3.79. The Morgan fingerprint density at radius 2 is 1.88 bits per heavy atom. The van der Waals surface area contributed by atoms with Crippen LogP contribution in [0.1, 0.15) is 23.8 Å². The zero-order valence-corrected chi connectivity index (χ0v) is 14.4. The molecule has 2 aromatic heterocycles.